The summed E-state index contributed by atoms with van der Waals surface area (Å²) < 4.78 is 5.05. The van der Waals surface area contributed by atoms with Crippen molar-refractivity contribution in [2.75, 3.05) is 20.1 Å². The molecule has 1 aliphatic rings. The highest BCUT2D eigenvalue weighted by atomic mass is 35.5. The van der Waals surface area contributed by atoms with Gasteiger partial charge >= 0.3 is 0 Å². The highest BCUT2D eigenvalue weighted by Gasteiger charge is 2.30. The van der Waals surface area contributed by atoms with Gasteiger partial charge in [0.1, 0.15) is 11.5 Å². The number of nitrogens with zero attached hydrogens (tertiary/aromatic N) is 3. The summed E-state index contributed by atoms with van der Waals surface area (Å²) in [5, 5.41) is 4.52. The third-order valence-corrected chi connectivity index (χ3v) is 4.85. The summed E-state index contributed by atoms with van der Waals surface area (Å²) in [5.74, 6) is 0.490. The number of halogens is 1. The highest BCUT2D eigenvalue weighted by molar-refractivity contribution is 6.30. The SMILES string of the molecule is Cc1cc(CN(C)C(=O)C2CCCN(C(=O)c3ccc(Cl)cc3)C2)no1. The van der Waals surface area contributed by atoms with E-state index in [1.54, 1.807) is 41.1 Å². The van der Waals surface area contributed by atoms with Crippen LogP contribution in [0.25, 0.3) is 0 Å². The maximum absolute atomic E-state index is 12.8. The van der Waals surface area contributed by atoms with E-state index in [0.29, 0.717) is 30.2 Å². The second-order valence-electron chi connectivity index (χ2n) is 6.72. The Labute approximate surface area is 157 Å². The van der Waals surface area contributed by atoms with Gasteiger partial charge in [-0.1, -0.05) is 16.8 Å². The lowest BCUT2D eigenvalue weighted by atomic mass is 9.96. The van der Waals surface area contributed by atoms with E-state index >= 15 is 0 Å². The van der Waals surface area contributed by atoms with E-state index < -0.39 is 0 Å². The summed E-state index contributed by atoms with van der Waals surface area (Å²) in [6.07, 6.45) is 1.60. The van der Waals surface area contributed by atoms with Crippen LogP contribution in [0.2, 0.25) is 5.02 Å². The van der Waals surface area contributed by atoms with Crippen LogP contribution < -0.4 is 0 Å². The molecule has 2 aromatic rings. The third-order valence-electron chi connectivity index (χ3n) is 4.60. The Bertz CT molecular complexity index is 788. The molecule has 1 fully saturated rings. The number of hydrogen-bond donors (Lipinski definition) is 0. The number of aromatic nitrogens is 1. The van der Waals surface area contributed by atoms with Crippen molar-refractivity contribution in [1.82, 2.24) is 15.0 Å². The zero-order valence-corrected chi connectivity index (χ0v) is 15.7. The summed E-state index contributed by atoms with van der Waals surface area (Å²) in [7, 11) is 1.76. The molecule has 7 heteroatoms. The molecule has 1 unspecified atom stereocenters. The van der Waals surface area contributed by atoms with E-state index in [0.717, 1.165) is 24.3 Å². The molecule has 0 bridgehead atoms. The van der Waals surface area contributed by atoms with Gasteiger partial charge in [-0.2, -0.15) is 0 Å². The number of amides is 2. The van der Waals surface area contributed by atoms with Gasteiger partial charge in [-0.3, -0.25) is 9.59 Å². The molecule has 0 radical (unpaired) electrons. The normalized spacial score (nSPS) is 17.2. The zero-order valence-electron chi connectivity index (χ0n) is 14.9. The second kappa shape index (κ2) is 7.91. The molecule has 0 spiro atoms. The molecule has 0 aliphatic carbocycles. The first kappa shape index (κ1) is 18.5. The van der Waals surface area contributed by atoms with Crippen LogP contribution in [0.15, 0.2) is 34.9 Å². The van der Waals surface area contributed by atoms with Crippen molar-refractivity contribution < 1.29 is 14.1 Å². The topological polar surface area (TPSA) is 66.7 Å². The number of aryl methyl sites for hydroxylation is 1. The molecule has 1 atom stereocenters. The van der Waals surface area contributed by atoms with Crippen molar-refractivity contribution in [3.8, 4) is 0 Å². The van der Waals surface area contributed by atoms with Gasteiger partial charge in [-0.15, -0.1) is 0 Å². The van der Waals surface area contributed by atoms with Crippen LogP contribution in [-0.2, 0) is 11.3 Å². The van der Waals surface area contributed by atoms with E-state index in [-0.39, 0.29) is 17.7 Å². The van der Waals surface area contributed by atoms with E-state index in [1.165, 1.54) is 0 Å². The summed E-state index contributed by atoms with van der Waals surface area (Å²) in [5.41, 5.74) is 1.32. The largest absolute Gasteiger partial charge is 0.361 e. The van der Waals surface area contributed by atoms with Crippen molar-refractivity contribution >= 4 is 23.4 Å². The van der Waals surface area contributed by atoms with Crippen molar-refractivity contribution in [2.45, 2.75) is 26.3 Å². The number of carbonyl (C=O) groups excluding carboxylic acids is 2. The number of rotatable bonds is 4. The summed E-state index contributed by atoms with van der Waals surface area (Å²) >= 11 is 5.88. The maximum Gasteiger partial charge on any atom is 0.253 e. The van der Waals surface area contributed by atoms with Gasteiger partial charge in [0.2, 0.25) is 5.91 Å². The van der Waals surface area contributed by atoms with E-state index in [4.69, 9.17) is 16.1 Å². The average Bonchev–Trinajstić information content (AvgIpc) is 3.06. The molecule has 6 nitrogen and oxygen atoms in total. The number of piperidine rings is 1. The van der Waals surface area contributed by atoms with Crippen LogP contribution in [0, 0.1) is 12.8 Å². The lowest BCUT2D eigenvalue weighted by molar-refractivity contribution is -0.136. The quantitative estimate of drug-likeness (QED) is 0.823. The number of likely N-dealkylation sites (tertiary alicyclic amines) is 1. The van der Waals surface area contributed by atoms with Crippen LogP contribution in [-0.4, -0.2) is 46.9 Å². The molecule has 1 aromatic heterocycles. The fourth-order valence-electron chi connectivity index (χ4n) is 3.26. The minimum Gasteiger partial charge on any atom is -0.361 e. The molecular formula is C19H22ClN3O3. The van der Waals surface area contributed by atoms with Crippen molar-refractivity contribution in [2.24, 2.45) is 5.92 Å². The van der Waals surface area contributed by atoms with Crippen molar-refractivity contribution in [1.29, 1.82) is 0 Å². The van der Waals surface area contributed by atoms with E-state index in [2.05, 4.69) is 5.16 Å². The fourth-order valence-corrected chi connectivity index (χ4v) is 3.39. The molecule has 1 saturated heterocycles. The maximum atomic E-state index is 12.8. The van der Waals surface area contributed by atoms with Crippen molar-refractivity contribution in [3.05, 3.63) is 52.4 Å². The fraction of sp³-hybridized carbons (Fsp3) is 0.421. The first-order valence-electron chi connectivity index (χ1n) is 8.66. The number of hydrogen-bond acceptors (Lipinski definition) is 4. The van der Waals surface area contributed by atoms with Gasteiger partial charge in [-0.05, 0) is 44.0 Å². The van der Waals surface area contributed by atoms with Crippen molar-refractivity contribution in [3.63, 3.8) is 0 Å². The zero-order chi connectivity index (χ0) is 18.7. The van der Waals surface area contributed by atoms with Crippen LogP contribution >= 0.6 is 11.6 Å². The lowest BCUT2D eigenvalue weighted by Gasteiger charge is -2.34. The molecule has 1 aliphatic heterocycles. The molecule has 26 heavy (non-hydrogen) atoms. The molecule has 2 heterocycles. The Hall–Kier alpha value is -2.34. The second-order valence-corrected chi connectivity index (χ2v) is 7.16. The first-order chi connectivity index (χ1) is 12.4. The minimum atomic E-state index is -0.196. The van der Waals surface area contributed by atoms with E-state index in [9.17, 15) is 9.59 Å². The van der Waals surface area contributed by atoms with E-state index in [1.807, 2.05) is 13.0 Å². The Kier molecular flexibility index (Phi) is 5.61. The monoisotopic (exact) mass is 375 g/mol. The predicted octanol–water partition coefficient (Wildman–Crippen LogP) is 3.15. The molecule has 1 aromatic carbocycles. The Morgan fingerprint density at radius 2 is 2.08 bits per heavy atom. The summed E-state index contributed by atoms with van der Waals surface area (Å²) in [4.78, 5) is 28.9. The molecule has 0 saturated carbocycles. The van der Waals surface area contributed by atoms with Crippen LogP contribution in [0.5, 0.6) is 0 Å². The van der Waals surface area contributed by atoms with Gasteiger partial charge in [0.15, 0.2) is 0 Å². The van der Waals surface area contributed by atoms with Gasteiger partial charge in [-0.25, -0.2) is 0 Å². The van der Waals surface area contributed by atoms with Crippen LogP contribution in [0.4, 0.5) is 0 Å². The summed E-state index contributed by atoms with van der Waals surface area (Å²) in [6.45, 7) is 3.32. The molecular weight excluding hydrogens is 354 g/mol. The number of benzene rings is 1. The Balaban J connectivity index is 1.62. The van der Waals surface area contributed by atoms with Crippen LogP contribution in [0.3, 0.4) is 0 Å². The average molecular weight is 376 g/mol. The van der Waals surface area contributed by atoms with Gasteiger partial charge < -0.3 is 14.3 Å². The first-order valence-corrected chi connectivity index (χ1v) is 9.04. The molecule has 3 rings (SSSR count). The predicted molar refractivity (Wildman–Crippen MR) is 97.8 cm³/mol. The molecule has 0 N–H and O–H groups in total. The highest BCUT2D eigenvalue weighted by Crippen LogP contribution is 2.22. The smallest absolute Gasteiger partial charge is 0.253 e. The molecule has 2 amide bonds. The van der Waals surface area contributed by atoms with Gasteiger partial charge in [0.05, 0.1) is 12.5 Å². The minimum absolute atomic E-state index is 0.0271. The van der Waals surface area contributed by atoms with Gasteiger partial charge in [0, 0.05) is 36.8 Å². The summed E-state index contributed by atoms with van der Waals surface area (Å²) in [6, 6.07) is 8.66. The lowest BCUT2D eigenvalue weighted by Crippen LogP contribution is -2.45. The Morgan fingerprint density at radius 3 is 2.73 bits per heavy atom. The standard InChI is InChI=1S/C19H22ClN3O3/c1-13-10-17(21-26-13)12-22(2)18(24)15-4-3-9-23(11-15)19(25)14-5-7-16(20)8-6-14/h5-8,10,15H,3-4,9,11-12H2,1-2H3. The van der Waals surface area contributed by atoms with Gasteiger partial charge in [0.25, 0.3) is 5.91 Å². The third kappa shape index (κ3) is 4.25. The number of carbonyl (C=O) groups is 2. The Morgan fingerprint density at radius 1 is 1.35 bits per heavy atom. The van der Waals surface area contributed by atoms with Crippen LogP contribution in [0.1, 0.15) is 34.7 Å². The molecule has 138 valence electrons.